The third-order valence-corrected chi connectivity index (χ3v) is 3.61. The van der Waals surface area contributed by atoms with Crippen LogP contribution in [0, 0.1) is 12.7 Å². The predicted molar refractivity (Wildman–Crippen MR) is 81.1 cm³/mol. The number of hydrazine groups is 1. The molecule has 2 aromatic rings. The number of nitrogens with two attached hydrogens (primary N) is 1. The Morgan fingerprint density at radius 3 is 2.65 bits per heavy atom. The van der Waals surface area contributed by atoms with E-state index in [4.69, 9.17) is 17.4 Å². The first kappa shape index (κ1) is 15.0. The monoisotopic (exact) mass is 292 g/mol. The van der Waals surface area contributed by atoms with Gasteiger partial charge in [0.2, 0.25) is 0 Å². The fourth-order valence-electron chi connectivity index (χ4n) is 2.29. The molecular weight excluding hydrogens is 275 g/mol. The summed E-state index contributed by atoms with van der Waals surface area (Å²) in [6, 6.07) is 12.6. The molecule has 0 amide bonds. The predicted octanol–water partition coefficient (Wildman–Crippen LogP) is 3.40. The van der Waals surface area contributed by atoms with E-state index in [1.54, 1.807) is 6.07 Å². The van der Waals surface area contributed by atoms with Gasteiger partial charge < -0.3 is 0 Å². The maximum Gasteiger partial charge on any atom is 0.123 e. The Bertz CT molecular complexity index is 586. The first-order valence-electron chi connectivity index (χ1n) is 6.54. The van der Waals surface area contributed by atoms with Crippen LogP contribution in [0.4, 0.5) is 4.39 Å². The Labute approximate surface area is 123 Å². The van der Waals surface area contributed by atoms with Crippen LogP contribution in [0.25, 0.3) is 0 Å². The highest BCUT2D eigenvalue weighted by Crippen LogP contribution is 2.16. The van der Waals surface area contributed by atoms with Crippen molar-refractivity contribution in [2.45, 2.75) is 25.8 Å². The lowest BCUT2D eigenvalue weighted by molar-refractivity contribution is 0.521. The summed E-state index contributed by atoms with van der Waals surface area (Å²) >= 11 is 5.98. The van der Waals surface area contributed by atoms with Crippen molar-refractivity contribution in [3.05, 3.63) is 70.0 Å². The van der Waals surface area contributed by atoms with Gasteiger partial charge in [-0.2, -0.15) is 0 Å². The standard InChI is InChI=1S/C16H18ClFN2/c1-11-7-15(18)6-5-13(11)10-16(20-19)9-12-3-2-4-14(17)8-12/h2-8,16,20H,9-10,19H2,1H3. The molecule has 0 fully saturated rings. The lowest BCUT2D eigenvalue weighted by Gasteiger charge is -2.17. The van der Waals surface area contributed by atoms with Gasteiger partial charge in [0, 0.05) is 11.1 Å². The van der Waals surface area contributed by atoms with Gasteiger partial charge in [0.05, 0.1) is 0 Å². The highest BCUT2D eigenvalue weighted by molar-refractivity contribution is 6.30. The molecule has 4 heteroatoms. The van der Waals surface area contributed by atoms with Crippen LogP contribution in [0.15, 0.2) is 42.5 Å². The molecule has 0 bridgehead atoms. The summed E-state index contributed by atoms with van der Waals surface area (Å²) in [6.07, 6.45) is 1.52. The minimum absolute atomic E-state index is 0.0811. The summed E-state index contributed by atoms with van der Waals surface area (Å²) < 4.78 is 13.1. The summed E-state index contributed by atoms with van der Waals surface area (Å²) in [7, 11) is 0. The number of hydrogen-bond acceptors (Lipinski definition) is 2. The van der Waals surface area contributed by atoms with E-state index in [9.17, 15) is 4.39 Å². The number of halogens is 2. The topological polar surface area (TPSA) is 38.0 Å². The second kappa shape index (κ2) is 6.84. The fourth-order valence-corrected chi connectivity index (χ4v) is 2.51. The van der Waals surface area contributed by atoms with Gasteiger partial charge in [0.1, 0.15) is 5.82 Å². The average Bonchev–Trinajstić information content (AvgIpc) is 2.41. The molecule has 0 saturated heterocycles. The number of nitrogens with one attached hydrogen (secondary N) is 1. The average molecular weight is 293 g/mol. The highest BCUT2D eigenvalue weighted by atomic mass is 35.5. The third-order valence-electron chi connectivity index (χ3n) is 3.38. The molecule has 0 aliphatic heterocycles. The molecule has 20 heavy (non-hydrogen) atoms. The molecule has 0 aliphatic carbocycles. The lowest BCUT2D eigenvalue weighted by atomic mass is 9.97. The minimum atomic E-state index is -0.210. The molecule has 1 unspecified atom stereocenters. The van der Waals surface area contributed by atoms with E-state index >= 15 is 0 Å². The number of benzene rings is 2. The molecule has 0 saturated carbocycles. The Morgan fingerprint density at radius 1 is 1.20 bits per heavy atom. The van der Waals surface area contributed by atoms with Crippen molar-refractivity contribution < 1.29 is 4.39 Å². The summed E-state index contributed by atoms with van der Waals surface area (Å²) in [5.74, 6) is 5.42. The Kier molecular flexibility index (Phi) is 5.12. The fraction of sp³-hybridized carbons (Fsp3) is 0.250. The van der Waals surface area contributed by atoms with Crippen LogP contribution in [-0.4, -0.2) is 6.04 Å². The third kappa shape index (κ3) is 4.04. The Balaban J connectivity index is 2.09. The van der Waals surface area contributed by atoms with Gasteiger partial charge in [0.15, 0.2) is 0 Å². The zero-order chi connectivity index (χ0) is 14.5. The maximum absolute atomic E-state index is 13.1. The Morgan fingerprint density at radius 2 is 2.00 bits per heavy atom. The van der Waals surface area contributed by atoms with Crippen LogP contribution in [0.5, 0.6) is 0 Å². The summed E-state index contributed by atoms with van der Waals surface area (Å²) in [5.41, 5.74) is 5.98. The summed E-state index contributed by atoms with van der Waals surface area (Å²) in [5, 5.41) is 0.719. The van der Waals surface area contributed by atoms with Crippen molar-refractivity contribution in [3.63, 3.8) is 0 Å². The SMILES string of the molecule is Cc1cc(F)ccc1CC(Cc1cccc(Cl)c1)NN. The van der Waals surface area contributed by atoms with Gasteiger partial charge in [-0.3, -0.25) is 11.3 Å². The van der Waals surface area contributed by atoms with E-state index in [0.717, 1.165) is 34.6 Å². The van der Waals surface area contributed by atoms with Crippen molar-refractivity contribution in [3.8, 4) is 0 Å². The van der Waals surface area contributed by atoms with Gasteiger partial charge in [-0.1, -0.05) is 29.8 Å². The van der Waals surface area contributed by atoms with Crippen LogP contribution in [-0.2, 0) is 12.8 Å². The number of hydrogen-bond donors (Lipinski definition) is 2. The molecule has 2 nitrogen and oxygen atoms in total. The smallest absolute Gasteiger partial charge is 0.123 e. The highest BCUT2D eigenvalue weighted by Gasteiger charge is 2.11. The van der Waals surface area contributed by atoms with Gasteiger partial charge in [-0.25, -0.2) is 4.39 Å². The Hall–Kier alpha value is -1.42. The van der Waals surface area contributed by atoms with Gasteiger partial charge in [0.25, 0.3) is 0 Å². The largest absolute Gasteiger partial charge is 0.271 e. The maximum atomic E-state index is 13.1. The second-order valence-corrected chi connectivity index (χ2v) is 5.41. The zero-order valence-corrected chi connectivity index (χ0v) is 12.1. The van der Waals surface area contributed by atoms with Crippen LogP contribution < -0.4 is 11.3 Å². The molecule has 2 rings (SSSR count). The van der Waals surface area contributed by atoms with E-state index in [1.807, 2.05) is 37.3 Å². The van der Waals surface area contributed by atoms with E-state index in [1.165, 1.54) is 6.07 Å². The van der Waals surface area contributed by atoms with Crippen LogP contribution in [0.2, 0.25) is 5.02 Å². The molecule has 2 aromatic carbocycles. The number of aryl methyl sites for hydroxylation is 1. The second-order valence-electron chi connectivity index (χ2n) is 4.97. The molecule has 106 valence electrons. The van der Waals surface area contributed by atoms with E-state index < -0.39 is 0 Å². The van der Waals surface area contributed by atoms with Crippen molar-refractivity contribution >= 4 is 11.6 Å². The molecule has 0 heterocycles. The minimum Gasteiger partial charge on any atom is -0.271 e. The first-order valence-corrected chi connectivity index (χ1v) is 6.92. The lowest BCUT2D eigenvalue weighted by Crippen LogP contribution is -2.38. The van der Waals surface area contributed by atoms with E-state index in [0.29, 0.717) is 0 Å². The molecule has 1 atom stereocenters. The van der Waals surface area contributed by atoms with Crippen LogP contribution in [0.3, 0.4) is 0 Å². The van der Waals surface area contributed by atoms with Crippen molar-refractivity contribution in [1.29, 1.82) is 0 Å². The number of rotatable bonds is 5. The van der Waals surface area contributed by atoms with E-state index in [2.05, 4.69) is 5.43 Å². The van der Waals surface area contributed by atoms with Crippen LogP contribution in [0.1, 0.15) is 16.7 Å². The van der Waals surface area contributed by atoms with Gasteiger partial charge in [-0.15, -0.1) is 0 Å². The molecule has 0 radical (unpaired) electrons. The van der Waals surface area contributed by atoms with Crippen molar-refractivity contribution in [2.24, 2.45) is 5.84 Å². The van der Waals surface area contributed by atoms with Crippen LogP contribution >= 0.6 is 11.6 Å². The van der Waals surface area contributed by atoms with Gasteiger partial charge in [-0.05, 0) is 60.7 Å². The van der Waals surface area contributed by atoms with Crippen molar-refractivity contribution in [1.82, 2.24) is 5.43 Å². The quantitative estimate of drug-likeness (QED) is 0.655. The molecule has 3 N–H and O–H groups in total. The van der Waals surface area contributed by atoms with Crippen molar-refractivity contribution in [2.75, 3.05) is 0 Å². The molecular formula is C16H18ClFN2. The summed E-state index contributed by atoms with van der Waals surface area (Å²) in [6.45, 7) is 1.91. The molecule has 0 aromatic heterocycles. The summed E-state index contributed by atoms with van der Waals surface area (Å²) in [4.78, 5) is 0. The zero-order valence-electron chi connectivity index (χ0n) is 11.4. The van der Waals surface area contributed by atoms with E-state index in [-0.39, 0.29) is 11.9 Å². The normalized spacial score (nSPS) is 12.4. The first-order chi connectivity index (χ1) is 9.58. The molecule has 0 aliphatic rings. The molecule has 0 spiro atoms. The van der Waals surface area contributed by atoms with Gasteiger partial charge >= 0.3 is 0 Å².